The highest BCUT2D eigenvalue weighted by molar-refractivity contribution is 6.31. The molecule has 0 aromatic heterocycles. The Balaban J connectivity index is 1.85. The third kappa shape index (κ3) is 5.74. The van der Waals surface area contributed by atoms with E-state index < -0.39 is 5.82 Å². The largest absolute Gasteiger partial charge is 0.494 e. The maximum Gasteiger partial charge on any atom is 0.243 e. The van der Waals surface area contributed by atoms with Crippen molar-refractivity contribution in [3.63, 3.8) is 0 Å². The number of halogens is 2. The first-order valence-electron chi connectivity index (χ1n) is 7.80. The Bertz CT molecular complexity index is 694. The maximum atomic E-state index is 13.1. The van der Waals surface area contributed by atoms with Crippen molar-refractivity contribution in [1.29, 1.82) is 0 Å². The van der Waals surface area contributed by atoms with Crippen molar-refractivity contribution in [2.75, 3.05) is 23.8 Å². The summed E-state index contributed by atoms with van der Waals surface area (Å²) in [6, 6.07) is 11.5. The quantitative estimate of drug-likeness (QED) is 0.678. The number of rotatable bonds is 8. The number of carbonyl (C=O) groups excluding carboxylic acids is 1. The van der Waals surface area contributed by atoms with Crippen molar-refractivity contribution >= 4 is 28.9 Å². The minimum Gasteiger partial charge on any atom is -0.494 e. The van der Waals surface area contributed by atoms with Crippen LogP contribution in [0.3, 0.4) is 0 Å². The fraction of sp³-hybridized carbons (Fsp3) is 0.278. The smallest absolute Gasteiger partial charge is 0.243 e. The van der Waals surface area contributed by atoms with Crippen LogP contribution in [-0.4, -0.2) is 19.1 Å². The van der Waals surface area contributed by atoms with Crippen molar-refractivity contribution in [3.05, 3.63) is 53.3 Å². The van der Waals surface area contributed by atoms with Crippen molar-refractivity contribution in [2.24, 2.45) is 0 Å². The molecule has 2 aromatic carbocycles. The average molecular weight is 351 g/mol. The monoisotopic (exact) mass is 350 g/mol. The van der Waals surface area contributed by atoms with Gasteiger partial charge >= 0.3 is 0 Å². The summed E-state index contributed by atoms with van der Waals surface area (Å²) < 4.78 is 18.7. The van der Waals surface area contributed by atoms with Crippen LogP contribution in [0.25, 0.3) is 0 Å². The van der Waals surface area contributed by atoms with Crippen molar-refractivity contribution in [2.45, 2.75) is 19.8 Å². The van der Waals surface area contributed by atoms with Crippen LogP contribution in [0.15, 0.2) is 42.5 Å². The molecule has 0 radical (unpaired) electrons. The Labute approximate surface area is 146 Å². The van der Waals surface area contributed by atoms with E-state index in [2.05, 4.69) is 17.6 Å². The topological polar surface area (TPSA) is 50.4 Å². The molecule has 1 amide bonds. The standard InChI is InChI=1S/C18H20ClFN2O2/c1-2-3-9-24-15-6-4-5-14(10-15)22-18(23)12-21-13-7-8-17(20)16(19)11-13/h4-8,10-11,21H,2-3,9,12H2,1H3,(H,22,23). The molecular formula is C18H20ClFN2O2. The van der Waals surface area contributed by atoms with Crippen LogP contribution in [0.2, 0.25) is 5.02 Å². The number of ether oxygens (including phenoxy) is 1. The minimum atomic E-state index is -0.494. The van der Waals surface area contributed by atoms with E-state index in [9.17, 15) is 9.18 Å². The zero-order valence-electron chi connectivity index (χ0n) is 13.4. The second-order valence-corrected chi connectivity index (χ2v) is 5.67. The predicted molar refractivity (Wildman–Crippen MR) is 95.4 cm³/mol. The zero-order chi connectivity index (χ0) is 17.4. The molecule has 2 rings (SSSR count). The van der Waals surface area contributed by atoms with Crippen LogP contribution in [0.4, 0.5) is 15.8 Å². The molecule has 0 spiro atoms. The Morgan fingerprint density at radius 3 is 2.79 bits per heavy atom. The Morgan fingerprint density at radius 2 is 2.04 bits per heavy atom. The number of hydrogen-bond acceptors (Lipinski definition) is 3. The van der Waals surface area contributed by atoms with Crippen LogP contribution in [0.5, 0.6) is 5.75 Å². The molecule has 0 saturated heterocycles. The number of unbranched alkanes of at least 4 members (excludes halogenated alkanes) is 1. The van der Waals surface area contributed by atoms with E-state index >= 15 is 0 Å². The van der Waals surface area contributed by atoms with Crippen LogP contribution in [0, 0.1) is 5.82 Å². The number of anilines is 2. The fourth-order valence-electron chi connectivity index (χ4n) is 1.99. The SMILES string of the molecule is CCCCOc1cccc(NC(=O)CNc2ccc(F)c(Cl)c2)c1. The third-order valence-electron chi connectivity index (χ3n) is 3.26. The molecule has 2 aromatic rings. The van der Waals surface area contributed by atoms with Crippen LogP contribution in [0.1, 0.15) is 19.8 Å². The van der Waals surface area contributed by atoms with Gasteiger partial charge in [-0.15, -0.1) is 0 Å². The summed E-state index contributed by atoms with van der Waals surface area (Å²) in [5.74, 6) is 0.00670. The highest BCUT2D eigenvalue weighted by atomic mass is 35.5. The molecule has 0 saturated carbocycles. The number of amides is 1. The first-order valence-corrected chi connectivity index (χ1v) is 8.18. The van der Waals surface area contributed by atoms with E-state index in [1.165, 1.54) is 18.2 Å². The Hall–Kier alpha value is -2.27. The lowest BCUT2D eigenvalue weighted by Gasteiger charge is -2.10. The van der Waals surface area contributed by atoms with Gasteiger partial charge in [-0.2, -0.15) is 0 Å². The molecule has 4 nitrogen and oxygen atoms in total. The van der Waals surface area contributed by atoms with Gasteiger partial charge < -0.3 is 15.4 Å². The van der Waals surface area contributed by atoms with E-state index in [-0.39, 0.29) is 17.5 Å². The van der Waals surface area contributed by atoms with Crippen molar-refractivity contribution < 1.29 is 13.9 Å². The lowest BCUT2D eigenvalue weighted by Crippen LogP contribution is -2.21. The molecule has 0 atom stereocenters. The molecular weight excluding hydrogens is 331 g/mol. The van der Waals surface area contributed by atoms with Gasteiger partial charge in [0.15, 0.2) is 0 Å². The molecule has 0 unspecified atom stereocenters. The van der Waals surface area contributed by atoms with Crippen LogP contribution < -0.4 is 15.4 Å². The van der Waals surface area contributed by atoms with E-state index in [0.717, 1.165) is 18.6 Å². The summed E-state index contributed by atoms with van der Waals surface area (Å²) in [5.41, 5.74) is 1.24. The first-order chi connectivity index (χ1) is 11.6. The number of benzene rings is 2. The van der Waals surface area contributed by atoms with Gasteiger partial charge in [0, 0.05) is 17.4 Å². The summed E-state index contributed by atoms with van der Waals surface area (Å²) in [5, 5.41) is 5.69. The molecule has 128 valence electrons. The van der Waals surface area contributed by atoms with Gasteiger partial charge in [-0.25, -0.2) is 4.39 Å². The van der Waals surface area contributed by atoms with Gasteiger partial charge in [-0.05, 0) is 36.8 Å². The van der Waals surface area contributed by atoms with Gasteiger partial charge in [0.1, 0.15) is 11.6 Å². The summed E-state index contributed by atoms with van der Waals surface area (Å²) in [6.07, 6.45) is 2.05. The van der Waals surface area contributed by atoms with Gasteiger partial charge in [0.05, 0.1) is 18.2 Å². The molecule has 0 fully saturated rings. The summed E-state index contributed by atoms with van der Waals surface area (Å²) in [6.45, 7) is 2.80. The Morgan fingerprint density at radius 1 is 1.21 bits per heavy atom. The Kier molecular flexibility index (Phi) is 6.88. The lowest BCUT2D eigenvalue weighted by molar-refractivity contribution is -0.114. The lowest BCUT2D eigenvalue weighted by atomic mass is 10.3. The van der Waals surface area contributed by atoms with Crippen molar-refractivity contribution in [1.82, 2.24) is 0 Å². The second-order valence-electron chi connectivity index (χ2n) is 5.26. The highest BCUT2D eigenvalue weighted by Crippen LogP contribution is 2.20. The molecule has 0 bridgehead atoms. The fourth-order valence-corrected chi connectivity index (χ4v) is 2.17. The summed E-state index contributed by atoms with van der Waals surface area (Å²) in [4.78, 5) is 12.0. The molecule has 0 aliphatic rings. The van der Waals surface area contributed by atoms with Crippen LogP contribution >= 0.6 is 11.6 Å². The molecule has 0 aliphatic carbocycles. The average Bonchev–Trinajstić information content (AvgIpc) is 2.57. The maximum absolute atomic E-state index is 13.1. The van der Waals surface area contributed by atoms with E-state index in [1.54, 1.807) is 12.1 Å². The zero-order valence-corrected chi connectivity index (χ0v) is 14.2. The molecule has 0 heterocycles. The van der Waals surface area contributed by atoms with Crippen molar-refractivity contribution in [3.8, 4) is 5.75 Å². The molecule has 24 heavy (non-hydrogen) atoms. The van der Waals surface area contributed by atoms with E-state index in [1.807, 2.05) is 12.1 Å². The minimum absolute atomic E-state index is 0.0114. The van der Waals surface area contributed by atoms with E-state index in [4.69, 9.17) is 16.3 Å². The summed E-state index contributed by atoms with van der Waals surface area (Å²) >= 11 is 5.70. The number of nitrogens with one attached hydrogen (secondary N) is 2. The number of hydrogen-bond donors (Lipinski definition) is 2. The highest BCUT2D eigenvalue weighted by Gasteiger charge is 2.05. The third-order valence-corrected chi connectivity index (χ3v) is 3.55. The normalized spacial score (nSPS) is 10.3. The second kappa shape index (κ2) is 9.13. The first kappa shape index (κ1) is 18.1. The van der Waals surface area contributed by atoms with Gasteiger partial charge in [-0.3, -0.25) is 4.79 Å². The van der Waals surface area contributed by atoms with Gasteiger partial charge in [0.2, 0.25) is 5.91 Å². The predicted octanol–water partition coefficient (Wildman–Crippen LogP) is 4.71. The number of carbonyl (C=O) groups is 1. The van der Waals surface area contributed by atoms with Crippen LogP contribution in [-0.2, 0) is 4.79 Å². The summed E-state index contributed by atoms with van der Waals surface area (Å²) in [7, 11) is 0. The van der Waals surface area contributed by atoms with Gasteiger partial charge in [0.25, 0.3) is 0 Å². The molecule has 0 aliphatic heterocycles. The van der Waals surface area contributed by atoms with Gasteiger partial charge in [-0.1, -0.05) is 31.0 Å². The molecule has 2 N–H and O–H groups in total. The van der Waals surface area contributed by atoms with E-state index in [0.29, 0.717) is 18.0 Å². The molecule has 6 heteroatoms.